The molecule has 0 saturated carbocycles. The minimum absolute atomic E-state index is 0.108. The van der Waals surface area contributed by atoms with Gasteiger partial charge in [0.05, 0.1) is 11.3 Å². The second kappa shape index (κ2) is 9.31. The first kappa shape index (κ1) is 23.9. The Kier molecular flexibility index (Phi) is 6.17. The molecule has 1 fully saturated rings. The van der Waals surface area contributed by atoms with Crippen molar-refractivity contribution in [2.75, 3.05) is 44.9 Å². The molecular formula is C27H28N2O7. The van der Waals surface area contributed by atoms with Crippen LogP contribution in [0.4, 0.5) is 5.69 Å². The van der Waals surface area contributed by atoms with E-state index in [9.17, 15) is 19.5 Å². The van der Waals surface area contributed by atoms with E-state index >= 15 is 0 Å². The first-order valence-electron chi connectivity index (χ1n) is 12.1. The van der Waals surface area contributed by atoms with Crippen molar-refractivity contribution in [3.05, 3.63) is 59.2 Å². The van der Waals surface area contributed by atoms with Gasteiger partial charge in [-0.15, -0.1) is 0 Å². The fraction of sp³-hybridized carbons (Fsp3) is 0.370. The number of methoxy groups -OCH3 is 1. The number of carbonyl (C=O) groups is 3. The van der Waals surface area contributed by atoms with Crippen LogP contribution in [0.2, 0.25) is 0 Å². The van der Waals surface area contributed by atoms with Gasteiger partial charge in [0.1, 0.15) is 19.0 Å². The van der Waals surface area contributed by atoms with Crippen molar-refractivity contribution in [1.29, 1.82) is 0 Å². The molecule has 3 aliphatic rings. The molecule has 2 amide bonds. The SMILES string of the molecule is CCCN1C(=O)[C@@]2(C(=C(O)c3ccc4c(c3)OCCO4)C(=O)C(=O)N2CCCOC)c2ccccc21. The number of hydrogen-bond donors (Lipinski definition) is 1. The van der Waals surface area contributed by atoms with Crippen molar-refractivity contribution in [3.63, 3.8) is 0 Å². The Labute approximate surface area is 208 Å². The molecule has 188 valence electrons. The van der Waals surface area contributed by atoms with E-state index in [4.69, 9.17) is 14.2 Å². The van der Waals surface area contributed by atoms with E-state index in [2.05, 4.69) is 0 Å². The van der Waals surface area contributed by atoms with Gasteiger partial charge in [-0.05, 0) is 37.1 Å². The molecule has 1 spiro atoms. The average molecular weight is 493 g/mol. The molecule has 1 saturated heterocycles. The number of ether oxygens (including phenoxy) is 3. The van der Waals surface area contributed by atoms with E-state index < -0.39 is 28.9 Å². The van der Waals surface area contributed by atoms with E-state index in [0.717, 1.165) is 0 Å². The number of amides is 2. The van der Waals surface area contributed by atoms with Crippen LogP contribution in [-0.4, -0.2) is 67.6 Å². The van der Waals surface area contributed by atoms with Crippen LogP contribution >= 0.6 is 0 Å². The minimum atomic E-state index is -1.77. The largest absolute Gasteiger partial charge is 0.507 e. The summed E-state index contributed by atoms with van der Waals surface area (Å²) in [5.41, 5.74) is -0.633. The summed E-state index contributed by atoms with van der Waals surface area (Å²) in [6.07, 6.45) is 1.09. The Morgan fingerprint density at radius 1 is 1.06 bits per heavy atom. The number of carbonyl (C=O) groups excluding carboxylic acids is 3. The molecule has 0 bridgehead atoms. The van der Waals surface area contributed by atoms with Gasteiger partial charge in [-0.25, -0.2) is 0 Å². The van der Waals surface area contributed by atoms with E-state index in [1.54, 1.807) is 48.4 Å². The summed E-state index contributed by atoms with van der Waals surface area (Å²) < 4.78 is 16.4. The van der Waals surface area contributed by atoms with Crippen molar-refractivity contribution in [2.24, 2.45) is 0 Å². The summed E-state index contributed by atoms with van der Waals surface area (Å²) in [6.45, 7) is 3.56. The maximum absolute atomic E-state index is 14.2. The lowest BCUT2D eigenvalue weighted by molar-refractivity contribution is -0.143. The molecule has 3 heterocycles. The highest BCUT2D eigenvalue weighted by Gasteiger charge is 2.66. The second-order valence-electron chi connectivity index (χ2n) is 8.90. The molecule has 5 rings (SSSR count). The first-order valence-corrected chi connectivity index (χ1v) is 12.1. The lowest BCUT2D eigenvalue weighted by atomic mass is 9.81. The van der Waals surface area contributed by atoms with Gasteiger partial charge in [0.15, 0.2) is 17.0 Å². The molecule has 36 heavy (non-hydrogen) atoms. The van der Waals surface area contributed by atoms with Crippen LogP contribution < -0.4 is 14.4 Å². The summed E-state index contributed by atoms with van der Waals surface area (Å²) in [5.74, 6) is -1.65. The Morgan fingerprint density at radius 2 is 1.81 bits per heavy atom. The highest BCUT2D eigenvalue weighted by atomic mass is 16.6. The van der Waals surface area contributed by atoms with E-state index in [0.29, 0.717) is 62.0 Å². The Hall–Kier alpha value is -3.85. The molecular weight excluding hydrogens is 464 g/mol. The molecule has 0 aliphatic carbocycles. The monoisotopic (exact) mass is 492 g/mol. The number of rotatable bonds is 7. The normalized spacial score (nSPS) is 22.0. The summed E-state index contributed by atoms with van der Waals surface area (Å²) in [5, 5.41) is 11.6. The van der Waals surface area contributed by atoms with Crippen molar-refractivity contribution in [2.45, 2.75) is 25.3 Å². The summed E-state index contributed by atoms with van der Waals surface area (Å²) in [4.78, 5) is 44.1. The number of fused-ring (bicyclic) bond motifs is 3. The number of hydrogen-bond acceptors (Lipinski definition) is 7. The summed E-state index contributed by atoms with van der Waals surface area (Å²) in [7, 11) is 1.55. The maximum Gasteiger partial charge on any atom is 0.296 e. The second-order valence-corrected chi connectivity index (χ2v) is 8.90. The van der Waals surface area contributed by atoms with Crippen LogP contribution in [0.1, 0.15) is 30.9 Å². The van der Waals surface area contributed by atoms with Crippen LogP contribution in [0.25, 0.3) is 5.76 Å². The predicted octanol–water partition coefficient (Wildman–Crippen LogP) is 2.83. The molecule has 9 heteroatoms. The van der Waals surface area contributed by atoms with Gasteiger partial charge in [0, 0.05) is 37.9 Å². The van der Waals surface area contributed by atoms with Crippen LogP contribution in [0.5, 0.6) is 11.5 Å². The van der Waals surface area contributed by atoms with Crippen molar-refractivity contribution in [1.82, 2.24) is 4.90 Å². The highest BCUT2D eigenvalue weighted by molar-refractivity contribution is 6.50. The van der Waals surface area contributed by atoms with Gasteiger partial charge in [0.25, 0.3) is 17.6 Å². The zero-order valence-electron chi connectivity index (χ0n) is 20.3. The third-order valence-corrected chi connectivity index (χ3v) is 6.80. The van der Waals surface area contributed by atoms with Gasteiger partial charge in [-0.2, -0.15) is 0 Å². The molecule has 0 radical (unpaired) electrons. The van der Waals surface area contributed by atoms with Crippen molar-refractivity contribution < 1.29 is 33.7 Å². The van der Waals surface area contributed by atoms with Crippen molar-refractivity contribution in [3.8, 4) is 11.5 Å². The number of para-hydroxylation sites is 1. The van der Waals surface area contributed by atoms with Crippen molar-refractivity contribution >= 4 is 29.0 Å². The maximum atomic E-state index is 14.2. The molecule has 2 aromatic rings. The van der Waals surface area contributed by atoms with E-state index in [1.165, 1.54) is 4.90 Å². The number of aliphatic hydroxyl groups is 1. The molecule has 1 N–H and O–H groups in total. The fourth-order valence-corrected chi connectivity index (χ4v) is 5.31. The molecule has 9 nitrogen and oxygen atoms in total. The number of ketones is 1. The number of Topliss-reactive ketones (excluding diaryl/α,β-unsaturated/α-hetero) is 1. The van der Waals surface area contributed by atoms with Crippen LogP contribution in [0.3, 0.4) is 0 Å². The third kappa shape index (κ3) is 3.37. The topological polar surface area (TPSA) is 106 Å². The quantitative estimate of drug-likeness (QED) is 0.274. The number of nitrogens with zero attached hydrogens (tertiary/aromatic N) is 2. The van der Waals surface area contributed by atoms with Crippen LogP contribution in [-0.2, 0) is 24.7 Å². The zero-order valence-corrected chi connectivity index (χ0v) is 20.3. The molecule has 0 aromatic heterocycles. The number of anilines is 1. The van der Waals surface area contributed by atoms with Gasteiger partial charge in [-0.3, -0.25) is 14.4 Å². The lowest BCUT2D eigenvalue weighted by Crippen LogP contribution is -2.52. The Morgan fingerprint density at radius 3 is 2.56 bits per heavy atom. The number of likely N-dealkylation sites (tertiary alicyclic amines) is 1. The molecule has 2 aromatic carbocycles. The average Bonchev–Trinajstić information content (AvgIpc) is 3.27. The van der Waals surface area contributed by atoms with Gasteiger partial charge in [0.2, 0.25) is 0 Å². The van der Waals surface area contributed by atoms with Gasteiger partial charge >= 0.3 is 0 Å². The van der Waals surface area contributed by atoms with E-state index in [1.807, 2.05) is 13.0 Å². The smallest absolute Gasteiger partial charge is 0.296 e. The van der Waals surface area contributed by atoms with Gasteiger partial charge < -0.3 is 29.1 Å². The number of benzene rings is 2. The van der Waals surface area contributed by atoms with E-state index in [-0.39, 0.29) is 17.7 Å². The molecule has 3 aliphatic heterocycles. The van der Waals surface area contributed by atoms with Crippen LogP contribution in [0.15, 0.2) is 48.0 Å². The summed E-state index contributed by atoms with van der Waals surface area (Å²) in [6, 6.07) is 11.9. The standard InChI is InChI=1S/C27H28N2O7/c1-3-11-28-19-8-5-4-7-18(19)27(26(28)33)22(24(31)25(32)29(27)12-6-13-34-2)23(30)17-9-10-20-21(16-17)36-15-14-35-20/h4-5,7-10,16,30H,3,6,11-15H2,1-2H3/t27-/m0/s1. The lowest BCUT2D eigenvalue weighted by Gasteiger charge is -2.34. The predicted molar refractivity (Wildman–Crippen MR) is 131 cm³/mol. The summed E-state index contributed by atoms with van der Waals surface area (Å²) >= 11 is 0. The fourth-order valence-electron chi connectivity index (χ4n) is 5.31. The number of aliphatic hydroxyl groups excluding tert-OH is 1. The molecule has 1 atom stereocenters. The zero-order chi connectivity index (χ0) is 25.4. The first-order chi connectivity index (χ1) is 17.5. The minimum Gasteiger partial charge on any atom is -0.507 e. The third-order valence-electron chi connectivity index (χ3n) is 6.80. The van der Waals surface area contributed by atoms with Gasteiger partial charge in [-0.1, -0.05) is 25.1 Å². The Balaban J connectivity index is 1.75. The highest BCUT2D eigenvalue weighted by Crippen LogP contribution is 2.53. The molecule has 0 unspecified atom stereocenters. The van der Waals surface area contributed by atoms with Crippen LogP contribution in [0, 0.1) is 0 Å². The Bertz CT molecular complexity index is 1270.